The fourth-order valence-electron chi connectivity index (χ4n) is 0.817. The summed E-state index contributed by atoms with van der Waals surface area (Å²) >= 11 is 0. The molecule has 3 N–H and O–H groups in total. The smallest absolute Gasteiger partial charge is 0.144 e. The van der Waals surface area contributed by atoms with E-state index in [0.717, 1.165) is 18.7 Å². The normalized spacial score (nSPS) is 21.9. The van der Waals surface area contributed by atoms with Crippen molar-refractivity contribution in [2.24, 2.45) is 5.73 Å². The molecule has 0 saturated heterocycles. The van der Waals surface area contributed by atoms with Crippen LogP contribution in [-0.4, -0.2) is 15.2 Å². The van der Waals surface area contributed by atoms with Crippen molar-refractivity contribution >= 4 is 0 Å². The number of aromatic amines is 1. The van der Waals surface area contributed by atoms with Gasteiger partial charge >= 0.3 is 0 Å². The second-order valence-electron chi connectivity index (χ2n) is 2.49. The molecule has 0 aromatic carbocycles. The minimum absolute atomic E-state index is 0.156. The molecule has 0 bridgehead atoms. The summed E-state index contributed by atoms with van der Waals surface area (Å²) in [6.07, 6.45) is 3.55. The Kier molecular flexibility index (Phi) is 0.728. The van der Waals surface area contributed by atoms with Crippen LogP contribution < -0.4 is 5.73 Å². The van der Waals surface area contributed by atoms with Crippen molar-refractivity contribution in [2.75, 3.05) is 0 Å². The van der Waals surface area contributed by atoms with E-state index in [1.807, 2.05) is 0 Å². The Balaban J connectivity index is 2.34. The quantitative estimate of drug-likeness (QED) is 0.542. The average molecular weight is 124 g/mol. The molecule has 9 heavy (non-hydrogen) atoms. The van der Waals surface area contributed by atoms with Crippen molar-refractivity contribution in [2.45, 2.75) is 18.4 Å². The van der Waals surface area contributed by atoms with Crippen LogP contribution in [0.5, 0.6) is 0 Å². The van der Waals surface area contributed by atoms with Crippen molar-refractivity contribution in [3.63, 3.8) is 0 Å². The second-order valence-corrected chi connectivity index (χ2v) is 2.49. The Morgan fingerprint density at radius 2 is 2.44 bits per heavy atom. The molecule has 0 unspecified atom stereocenters. The Morgan fingerprint density at radius 3 is 2.89 bits per heavy atom. The third-order valence-corrected chi connectivity index (χ3v) is 1.68. The summed E-state index contributed by atoms with van der Waals surface area (Å²) in [4.78, 5) is 3.96. The fourth-order valence-corrected chi connectivity index (χ4v) is 0.817. The highest BCUT2D eigenvalue weighted by molar-refractivity contribution is 5.12. The maximum absolute atomic E-state index is 5.78. The molecule has 0 radical (unpaired) electrons. The molecule has 1 saturated carbocycles. The van der Waals surface area contributed by atoms with Gasteiger partial charge in [0.1, 0.15) is 12.2 Å². The molecule has 48 valence electrons. The van der Waals surface area contributed by atoms with Crippen LogP contribution in [-0.2, 0) is 5.54 Å². The van der Waals surface area contributed by atoms with Crippen molar-refractivity contribution in [3.8, 4) is 0 Å². The zero-order valence-corrected chi connectivity index (χ0v) is 4.96. The fraction of sp³-hybridized carbons (Fsp3) is 0.600. The zero-order valence-electron chi connectivity index (χ0n) is 4.96. The van der Waals surface area contributed by atoms with Gasteiger partial charge in [0.15, 0.2) is 0 Å². The van der Waals surface area contributed by atoms with E-state index in [1.54, 1.807) is 0 Å². The molecule has 4 heteroatoms. The van der Waals surface area contributed by atoms with E-state index in [-0.39, 0.29) is 5.54 Å². The van der Waals surface area contributed by atoms with Crippen LogP contribution in [0.4, 0.5) is 0 Å². The van der Waals surface area contributed by atoms with Gasteiger partial charge in [0.25, 0.3) is 0 Å². The van der Waals surface area contributed by atoms with Gasteiger partial charge in [0.2, 0.25) is 0 Å². The third kappa shape index (κ3) is 0.632. The number of aromatic nitrogens is 3. The first-order valence-corrected chi connectivity index (χ1v) is 2.96. The summed E-state index contributed by atoms with van der Waals surface area (Å²) in [5.41, 5.74) is 5.62. The van der Waals surface area contributed by atoms with Crippen LogP contribution in [0, 0.1) is 0 Å². The predicted molar refractivity (Wildman–Crippen MR) is 31.5 cm³/mol. The maximum Gasteiger partial charge on any atom is 0.144 e. The highest BCUT2D eigenvalue weighted by atomic mass is 15.2. The first-order chi connectivity index (χ1) is 4.31. The van der Waals surface area contributed by atoms with Crippen molar-refractivity contribution < 1.29 is 0 Å². The van der Waals surface area contributed by atoms with E-state index in [9.17, 15) is 0 Å². The Bertz CT molecular complexity index is 199. The van der Waals surface area contributed by atoms with E-state index in [4.69, 9.17) is 5.73 Å². The molecule has 1 aromatic heterocycles. The van der Waals surface area contributed by atoms with Gasteiger partial charge in [-0.3, -0.25) is 5.10 Å². The SMILES string of the molecule is NC1(c2ncn[nH]2)CC1. The maximum atomic E-state index is 5.78. The Labute approximate surface area is 52.5 Å². The summed E-state index contributed by atoms with van der Waals surface area (Å²) in [7, 11) is 0. The van der Waals surface area contributed by atoms with Gasteiger partial charge in [0, 0.05) is 0 Å². The highest BCUT2D eigenvalue weighted by Crippen LogP contribution is 2.40. The van der Waals surface area contributed by atoms with Gasteiger partial charge in [0.05, 0.1) is 5.54 Å². The van der Waals surface area contributed by atoms with Crippen LogP contribution in [0.25, 0.3) is 0 Å². The van der Waals surface area contributed by atoms with Gasteiger partial charge < -0.3 is 5.73 Å². The van der Waals surface area contributed by atoms with Crippen molar-refractivity contribution in [1.29, 1.82) is 0 Å². The molecule has 0 amide bonds. The van der Waals surface area contributed by atoms with Crippen LogP contribution in [0.1, 0.15) is 18.7 Å². The molecule has 4 nitrogen and oxygen atoms in total. The molecule has 1 aliphatic rings. The number of rotatable bonds is 1. The van der Waals surface area contributed by atoms with E-state index >= 15 is 0 Å². The zero-order chi connectivity index (χ0) is 6.32. The molecular formula is C5H8N4. The van der Waals surface area contributed by atoms with Crippen LogP contribution in [0.15, 0.2) is 6.33 Å². The van der Waals surface area contributed by atoms with E-state index in [0.29, 0.717) is 0 Å². The van der Waals surface area contributed by atoms with Gasteiger partial charge in [-0.1, -0.05) is 0 Å². The average Bonchev–Trinajstić information content (AvgIpc) is 2.46. The molecule has 1 aromatic rings. The molecule has 0 atom stereocenters. The monoisotopic (exact) mass is 124 g/mol. The molecule has 0 spiro atoms. The van der Waals surface area contributed by atoms with Gasteiger partial charge in [-0.05, 0) is 12.8 Å². The number of nitrogens with two attached hydrogens (primary N) is 1. The minimum atomic E-state index is -0.156. The van der Waals surface area contributed by atoms with Gasteiger partial charge in [-0.25, -0.2) is 4.98 Å². The van der Waals surface area contributed by atoms with Gasteiger partial charge in [-0.15, -0.1) is 0 Å². The van der Waals surface area contributed by atoms with Gasteiger partial charge in [-0.2, -0.15) is 5.10 Å². The molecule has 1 fully saturated rings. The lowest BCUT2D eigenvalue weighted by atomic mass is 10.3. The van der Waals surface area contributed by atoms with E-state index in [2.05, 4.69) is 15.2 Å². The number of hydrogen-bond acceptors (Lipinski definition) is 3. The predicted octanol–water partition coefficient (Wildman–Crippen LogP) is -0.248. The minimum Gasteiger partial charge on any atom is -0.319 e. The van der Waals surface area contributed by atoms with Crippen molar-refractivity contribution in [3.05, 3.63) is 12.2 Å². The first-order valence-electron chi connectivity index (χ1n) is 2.96. The molecule has 1 aliphatic carbocycles. The van der Waals surface area contributed by atoms with Crippen LogP contribution >= 0.6 is 0 Å². The second kappa shape index (κ2) is 1.33. The molecule has 1 heterocycles. The number of nitrogens with zero attached hydrogens (tertiary/aromatic N) is 2. The Hall–Kier alpha value is -0.900. The molecule has 0 aliphatic heterocycles. The number of hydrogen-bond donors (Lipinski definition) is 2. The Morgan fingerprint density at radius 1 is 1.67 bits per heavy atom. The summed E-state index contributed by atoms with van der Waals surface area (Å²) in [5, 5.41) is 6.47. The third-order valence-electron chi connectivity index (χ3n) is 1.68. The largest absolute Gasteiger partial charge is 0.319 e. The number of H-pyrrole nitrogens is 1. The lowest BCUT2D eigenvalue weighted by molar-refractivity contribution is 0.677. The summed E-state index contributed by atoms with van der Waals surface area (Å²) < 4.78 is 0. The summed E-state index contributed by atoms with van der Waals surface area (Å²) in [6, 6.07) is 0. The standard InChI is InChI=1S/C5H8N4/c6-5(1-2-5)4-7-3-8-9-4/h3H,1-2,6H2,(H,7,8,9). The van der Waals surface area contributed by atoms with E-state index < -0.39 is 0 Å². The lowest BCUT2D eigenvalue weighted by Crippen LogP contribution is -2.20. The topological polar surface area (TPSA) is 67.6 Å². The van der Waals surface area contributed by atoms with Crippen molar-refractivity contribution in [1.82, 2.24) is 15.2 Å². The summed E-state index contributed by atoms with van der Waals surface area (Å²) in [6.45, 7) is 0. The molecular weight excluding hydrogens is 116 g/mol. The lowest BCUT2D eigenvalue weighted by Gasteiger charge is -1.99. The van der Waals surface area contributed by atoms with Crippen LogP contribution in [0.2, 0.25) is 0 Å². The van der Waals surface area contributed by atoms with Crippen LogP contribution in [0.3, 0.4) is 0 Å². The van der Waals surface area contributed by atoms with E-state index in [1.165, 1.54) is 6.33 Å². The number of nitrogens with one attached hydrogen (secondary N) is 1. The highest BCUT2D eigenvalue weighted by Gasteiger charge is 2.42. The first kappa shape index (κ1) is 4.93. The molecule has 2 rings (SSSR count). The summed E-state index contributed by atoms with van der Waals surface area (Å²) in [5.74, 6) is 0.822.